The van der Waals surface area contributed by atoms with Gasteiger partial charge in [0.1, 0.15) is 0 Å². The van der Waals surface area contributed by atoms with Crippen molar-refractivity contribution in [1.82, 2.24) is 0 Å². The van der Waals surface area contributed by atoms with Crippen LogP contribution in [-0.2, 0) is 0 Å². The third-order valence-corrected chi connectivity index (χ3v) is 0.968. The molecule has 0 aliphatic heterocycles. The van der Waals surface area contributed by atoms with E-state index in [1.54, 1.807) is 6.08 Å². The topological polar surface area (TPSA) is 64.2 Å². The van der Waals surface area contributed by atoms with Crippen LogP contribution in [0.15, 0.2) is 12.1 Å². The number of nitrogens with zero attached hydrogens (tertiary/aromatic N) is 1. The first kappa shape index (κ1) is 9.21. The van der Waals surface area contributed by atoms with E-state index in [4.69, 9.17) is 15.3 Å². The smallest absolute Gasteiger partial charge is 0.424 e. The quantitative estimate of drug-likeness (QED) is 0.433. The fraction of sp³-hybridized carbons (Fsp3) is 0.500. The second-order valence-electron chi connectivity index (χ2n) is 1.89. The van der Waals surface area contributed by atoms with Gasteiger partial charge in [-0.15, -0.1) is 0 Å². The molecule has 0 fully saturated rings. The molecule has 0 bridgehead atoms. The molecule has 54 valence electrons. The van der Waals surface area contributed by atoms with Gasteiger partial charge < -0.3 is 10.0 Å². The molecule has 2 N–H and O–H groups in total. The van der Waals surface area contributed by atoms with E-state index in [9.17, 15) is 0 Å². The van der Waals surface area contributed by atoms with Gasteiger partial charge in [0.05, 0.1) is 6.07 Å². The minimum Gasteiger partial charge on any atom is -0.424 e. The Labute approximate surface area is 60.7 Å². The van der Waals surface area contributed by atoms with Gasteiger partial charge >= 0.3 is 7.12 Å². The zero-order chi connectivity index (χ0) is 7.82. The first-order valence-electron chi connectivity index (χ1n) is 3.17. The number of allylic oxidation sites excluding steroid dienone is 1. The lowest BCUT2D eigenvalue weighted by atomic mass is 9.91. The second kappa shape index (κ2) is 6.34. The van der Waals surface area contributed by atoms with Crippen molar-refractivity contribution < 1.29 is 10.0 Å². The first-order valence-corrected chi connectivity index (χ1v) is 3.17. The number of nitriles is 1. The van der Waals surface area contributed by atoms with Crippen LogP contribution in [-0.4, -0.2) is 17.2 Å². The van der Waals surface area contributed by atoms with Crippen molar-refractivity contribution in [3.05, 3.63) is 12.1 Å². The molecule has 0 radical (unpaired) electrons. The molecule has 0 heterocycles. The average molecular weight is 139 g/mol. The van der Waals surface area contributed by atoms with Crippen molar-refractivity contribution in [2.24, 2.45) is 0 Å². The van der Waals surface area contributed by atoms with Gasteiger partial charge in [0.15, 0.2) is 0 Å². The number of unbranched alkanes of at least 4 members (excludes halogenated alkanes) is 2. The van der Waals surface area contributed by atoms with Crippen LogP contribution in [0, 0.1) is 11.3 Å². The summed E-state index contributed by atoms with van der Waals surface area (Å²) in [5.74, 6) is 1.29. The first-order chi connectivity index (χ1) is 4.77. The zero-order valence-corrected chi connectivity index (χ0v) is 5.70. The molecule has 0 spiro atoms. The van der Waals surface area contributed by atoms with E-state index in [0.29, 0.717) is 6.42 Å². The lowest BCUT2D eigenvalue weighted by Gasteiger charge is -1.86. The van der Waals surface area contributed by atoms with Gasteiger partial charge in [-0.1, -0.05) is 12.1 Å². The average Bonchev–Trinajstić information content (AvgIpc) is 1.87. The third kappa shape index (κ3) is 7.21. The van der Waals surface area contributed by atoms with Gasteiger partial charge in [0.25, 0.3) is 0 Å². The van der Waals surface area contributed by atoms with Gasteiger partial charge in [0.2, 0.25) is 0 Å². The number of rotatable bonds is 4. The van der Waals surface area contributed by atoms with E-state index in [2.05, 4.69) is 0 Å². The maximum atomic E-state index is 8.31. The van der Waals surface area contributed by atoms with E-state index >= 15 is 0 Å². The van der Waals surface area contributed by atoms with Crippen LogP contribution in [0.2, 0.25) is 0 Å². The SMILES string of the molecule is N#CCCC/C=C/B(O)O. The monoisotopic (exact) mass is 139 g/mol. The molecule has 0 aromatic rings. The fourth-order valence-corrected chi connectivity index (χ4v) is 0.517. The Hall–Kier alpha value is -0.785. The largest absolute Gasteiger partial charge is 0.480 e. The lowest BCUT2D eigenvalue weighted by Crippen LogP contribution is -2.05. The van der Waals surface area contributed by atoms with Gasteiger partial charge in [-0.25, -0.2) is 0 Å². The standard InChI is InChI=1S/C6H10BNO2/c8-6-4-2-1-3-5-7(9)10/h3,5,9-10H,1-2,4H2/b5-3+. The molecule has 0 unspecified atom stereocenters. The highest BCUT2D eigenvalue weighted by molar-refractivity contribution is 6.47. The van der Waals surface area contributed by atoms with Crippen molar-refractivity contribution in [3.63, 3.8) is 0 Å². The van der Waals surface area contributed by atoms with Gasteiger partial charge in [0, 0.05) is 6.42 Å². The van der Waals surface area contributed by atoms with E-state index in [1.165, 1.54) is 5.98 Å². The van der Waals surface area contributed by atoms with Gasteiger partial charge in [-0.3, -0.25) is 0 Å². The maximum absolute atomic E-state index is 8.31. The molecule has 0 saturated heterocycles. The second-order valence-corrected chi connectivity index (χ2v) is 1.89. The lowest BCUT2D eigenvalue weighted by molar-refractivity contribution is 0.424. The molecule has 4 heteroatoms. The molecule has 0 aliphatic rings. The molecule has 0 aromatic heterocycles. The third-order valence-electron chi connectivity index (χ3n) is 0.968. The summed E-state index contributed by atoms with van der Waals surface area (Å²) in [6, 6.07) is 2.00. The summed E-state index contributed by atoms with van der Waals surface area (Å²) in [6.45, 7) is 0. The highest BCUT2D eigenvalue weighted by atomic mass is 16.4. The summed E-state index contributed by atoms with van der Waals surface area (Å²) in [7, 11) is -1.36. The van der Waals surface area contributed by atoms with Crippen molar-refractivity contribution in [1.29, 1.82) is 5.26 Å². The summed E-state index contributed by atoms with van der Waals surface area (Å²) in [6.07, 6.45) is 3.68. The highest BCUT2D eigenvalue weighted by Gasteiger charge is 1.95. The van der Waals surface area contributed by atoms with Crippen molar-refractivity contribution in [2.75, 3.05) is 0 Å². The van der Waals surface area contributed by atoms with Crippen molar-refractivity contribution in [2.45, 2.75) is 19.3 Å². The van der Waals surface area contributed by atoms with E-state index < -0.39 is 7.12 Å². The molecule has 0 aliphatic carbocycles. The normalized spacial score (nSPS) is 9.70. The predicted octanol–water partition coefficient (Wildman–Crippen LogP) is 0.248. The minimum atomic E-state index is -1.36. The molecule has 0 amide bonds. The summed E-state index contributed by atoms with van der Waals surface area (Å²) in [5.41, 5.74) is 0. The van der Waals surface area contributed by atoms with Crippen LogP contribution in [0.5, 0.6) is 0 Å². The molecular formula is C6H10BNO2. The van der Waals surface area contributed by atoms with Crippen LogP contribution in [0.25, 0.3) is 0 Å². The summed E-state index contributed by atoms with van der Waals surface area (Å²) >= 11 is 0. The molecule has 3 nitrogen and oxygen atoms in total. The predicted molar refractivity (Wildman–Crippen MR) is 38.8 cm³/mol. The number of hydrogen-bond acceptors (Lipinski definition) is 3. The summed E-state index contributed by atoms with van der Waals surface area (Å²) in [5, 5.41) is 24.7. The van der Waals surface area contributed by atoms with Crippen LogP contribution in [0.4, 0.5) is 0 Å². The Bertz CT molecular complexity index is 139. The Morgan fingerprint density at radius 1 is 1.50 bits per heavy atom. The Morgan fingerprint density at radius 2 is 2.20 bits per heavy atom. The molecule has 10 heavy (non-hydrogen) atoms. The van der Waals surface area contributed by atoms with Gasteiger partial charge in [-0.05, 0) is 12.8 Å². The number of hydrogen-bond donors (Lipinski definition) is 2. The van der Waals surface area contributed by atoms with Crippen LogP contribution in [0.3, 0.4) is 0 Å². The zero-order valence-electron chi connectivity index (χ0n) is 5.70. The minimum absolute atomic E-state index is 0.520. The fourth-order valence-electron chi connectivity index (χ4n) is 0.517. The Morgan fingerprint density at radius 3 is 2.70 bits per heavy atom. The Balaban J connectivity index is 3.12. The summed E-state index contributed by atoms with van der Waals surface area (Å²) < 4.78 is 0. The van der Waals surface area contributed by atoms with E-state index in [-0.39, 0.29) is 0 Å². The highest BCUT2D eigenvalue weighted by Crippen LogP contribution is 1.94. The van der Waals surface area contributed by atoms with Crippen molar-refractivity contribution >= 4 is 7.12 Å². The molecule has 0 atom stereocenters. The molecule has 0 saturated carbocycles. The molecule has 0 aromatic carbocycles. The summed E-state index contributed by atoms with van der Waals surface area (Å²) in [4.78, 5) is 0. The van der Waals surface area contributed by atoms with Crippen LogP contribution in [0.1, 0.15) is 19.3 Å². The Kier molecular flexibility index (Phi) is 5.84. The van der Waals surface area contributed by atoms with E-state index in [0.717, 1.165) is 12.8 Å². The van der Waals surface area contributed by atoms with Crippen LogP contribution >= 0.6 is 0 Å². The van der Waals surface area contributed by atoms with E-state index in [1.807, 2.05) is 6.07 Å². The maximum Gasteiger partial charge on any atom is 0.480 e. The molecular weight excluding hydrogens is 129 g/mol. The van der Waals surface area contributed by atoms with Crippen molar-refractivity contribution in [3.8, 4) is 6.07 Å². The van der Waals surface area contributed by atoms with Gasteiger partial charge in [-0.2, -0.15) is 5.26 Å². The molecule has 0 rings (SSSR count). The van der Waals surface area contributed by atoms with Crippen LogP contribution < -0.4 is 0 Å².